The van der Waals surface area contributed by atoms with E-state index in [0.29, 0.717) is 93.8 Å². The number of ketones is 4. The number of nitrogens with one attached hydrogen (secondary N) is 6. The van der Waals surface area contributed by atoms with Crippen molar-refractivity contribution in [2.45, 2.75) is 251 Å². The molecule has 2 aliphatic rings. The second kappa shape index (κ2) is 58.1. The smallest absolute Gasteiger partial charge is 0.329 e. The normalized spacial score (nSPS) is 18.5. The van der Waals surface area contributed by atoms with Crippen LogP contribution in [0, 0.1) is 53.3 Å². The second-order valence-corrected chi connectivity index (χ2v) is 31.8. The molecule has 4 aromatic rings. The Bertz CT molecular complexity index is 3760. The first-order valence-electron chi connectivity index (χ1n) is 42.2. The van der Waals surface area contributed by atoms with Gasteiger partial charge in [0, 0.05) is 62.7 Å². The minimum Gasteiger partial charge on any atom is -0.480 e. The number of benzene rings is 4. The zero-order valence-corrected chi connectivity index (χ0v) is 70.9. The fourth-order valence-corrected chi connectivity index (χ4v) is 14.7. The van der Waals surface area contributed by atoms with E-state index in [4.69, 9.17) is 10.5 Å². The van der Waals surface area contributed by atoms with Crippen LogP contribution in [0.3, 0.4) is 0 Å². The summed E-state index contributed by atoms with van der Waals surface area (Å²) in [6, 6.07) is 31.4. The van der Waals surface area contributed by atoms with Crippen LogP contribution >= 0.6 is 0 Å². The number of Topliss-reactive ketones (excluding diaryl/α,β-unsaturated/α-hetero) is 4. The van der Waals surface area contributed by atoms with Crippen molar-refractivity contribution < 1.29 is 98.3 Å². The number of allylic oxidation sites excluding steroid dienone is 2. The molecule has 10 unspecified atom stereocenters. The van der Waals surface area contributed by atoms with Crippen molar-refractivity contribution in [1.82, 2.24) is 31.9 Å². The van der Waals surface area contributed by atoms with Gasteiger partial charge in [0.15, 0.2) is 5.78 Å². The lowest BCUT2D eigenvalue weighted by Gasteiger charge is -2.25. The Kier molecular flexibility index (Phi) is 50.4. The van der Waals surface area contributed by atoms with Crippen LogP contribution in [0.25, 0.3) is 6.08 Å². The van der Waals surface area contributed by atoms with Gasteiger partial charge < -0.3 is 73.6 Å². The number of nitrogens with two attached hydrogens (primary N) is 1. The minimum atomic E-state index is -1.18. The highest BCUT2D eigenvalue weighted by atomic mass is 16.5. The molecule has 6 rings (SSSR count). The van der Waals surface area contributed by atoms with Crippen molar-refractivity contribution in [3.05, 3.63) is 162 Å². The summed E-state index contributed by atoms with van der Waals surface area (Å²) in [6.07, 6.45) is 14.7. The summed E-state index contributed by atoms with van der Waals surface area (Å²) in [5, 5.41) is 65.2. The van der Waals surface area contributed by atoms with E-state index in [-0.39, 0.29) is 85.6 Å². The number of primary amides is 1. The zero-order chi connectivity index (χ0) is 88.4. The van der Waals surface area contributed by atoms with Crippen LogP contribution in [0.1, 0.15) is 212 Å². The van der Waals surface area contributed by atoms with Crippen LogP contribution in [0.4, 0.5) is 0 Å². The molecule has 2 fully saturated rings. The van der Waals surface area contributed by atoms with Crippen LogP contribution in [-0.4, -0.2) is 171 Å². The van der Waals surface area contributed by atoms with Crippen molar-refractivity contribution in [2.75, 3.05) is 19.8 Å². The van der Waals surface area contributed by atoms with Gasteiger partial charge in [-0.25, -0.2) is 9.59 Å². The maximum atomic E-state index is 13.5. The van der Waals surface area contributed by atoms with E-state index < -0.39 is 121 Å². The zero-order valence-electron chi connectivity index (χ0n) is 70.9. The molecule has 27 heteroatoms. The molecule has 27 nitrogen and oxygen atoms in total. The van der Waals surface area contributed by atoms with Crippen LogP contribution in [-0.2, 0) is 79.9 Å². The first kappa shape index (κ1) is 103. The highest BCUT2D eigenvalue weighted by molar-refractivity contribution is 5.95. The number of carbonyl (C=O) groups is 13. The Hall–Kier alpha value is -9.93. The summed E-state index contributed by atoms with van der Waals surface area (Å²) >= 11 is 0. The van der Waals surface area contributed by atoms with Gasteiger partial charge in [0.25, 0.3) is 0 Å². The van der Waals surface area contributed by atoms with Gasteiger partial charge in [-0.15, -0.1) is 6.58 Å². The third-order valence-electron chi connectivity index (χ3n) is 21.4. The standard InChI is InChI=1S/C34H53N5O8.C22H33N3O5.C18H26O5.C18H22O/c1-4-5-14-28(37-22-40)32(44)38-29(18-23(2)3)33(45)39-30(19-24-11-7-6-8-12-24)34(46)47-21-27(42)16-15-26(41)20-25(31(36)43)13-9-10-17-35;1-4-5-11-17(23-14-26)20(27)24-18(12-15(2)3)21(28)25-19(22(29)30)13-16-9-7-6-8-10-16;1-2-15(20)13-8-12(9-14(13)16(21)10-19)18(23)17(22)11-6-4-3-5-7-11;1-3-16-12-15(13-17(16)18(19)4-2)11-10-14-8-6-5-7-9-14/h6-8,11-12,22-23,25,28-30H,4-5,9-10,13-21,35H2,1-3H3,(H2,36,43)(H,37,40)(H,38,44)(H,39,45);6-10,14-15,17-19H,4-5,11-13H2,1-3H3,(H,23,26)(H,24,27)(H,25,28)(H,29,30);3-7,12-14,16-19,21-23H,2,8-10H2,1H3;3,5-11,15-17H,1,4,12-13H2,2H3/p+1/b;;;11-10+/t25?,28-,29-,30-;17-,18-,19-;;/m00../s1. The third-order valence-corrected chi connectivity index (χ3v) is 21.4. The predicted molar refractivity (Wildman–Crippen MR) is 455 cm³/mol. The van der Waals surface area contributed by atoms with Gasteiger partial charge >= 0.3 is 11.9 Å². The third kappa shape index (κ3) is 39.2. The molecule has 0 aliphatic heterocycles. The van der Waals surface area contributed by atoms with Gasteiger partial charge in [-0.1, -0.05) is 221 Å². The van der Waals surface area contributed by atoms with Gasteiger partial charge in [-0.3, -0.25) is 52.7 Å². The number of carboxylic acids is 1. The Labute approximate surface area is 702 Å². The first-order valence-corrected chi connectivity index (χ1v) is 42.2. The van der Waals surface area contributed by atoms with Crippen molar-refractivity contribution >= 4 is 83.5 Å². The Morgan fingerprint density at radius 1 is 0.563 bits per heavy atom. The molecule has 656 valence electrons. The Balaban J connectivity index is 0.000000436. The number of esters is 1. The summed E-state index contributed by atoms with van der Waals surface area (Å²) in [6.45, 7) is 18.8. The number of rotatable bonds is 52. The van der Waals surface area contributed by atoms with Crippen molar-refractivity contribution in [1.29, 1.82) is 0 Å². The SMILES string of the molecule is C=CC1CC(/C=C/c2ccccc2)CC1C(=O)CC.CCC(=O)C1CC(C(O)C(O)c2ccccc2)CC1C(O)CO.CCCC[C@H](NC=O)C(=O)N[C@@H](CC(C)C)C(=O)N[C@@H](Cc1ccccc1)C(=O)O.CCCC[C@H](NC=O)C(=O)N[C@@H](CC(C)C)C(=O)N[C@@H](Cc1ccccc1)C(=O)OCC(=O)CCC(=O)CC(CCCC[NH3+])C(N)=O. The number of aliphatic hydroxyl groups excluding tert-OH is 4. The number of aliphatic carboxylic acids is 1. The molecular weight excluding hydrogens is 1520 g/mol. The molecule has 7 amide bonds. The summed E-state index contributed by atoms with van der Waals surface area (Å²) < 4.78 is 5.28. The highest BCUT2D eigenvalue weighted by Gasteiger charge is 2.45. The molecular formula is C92H135N8O19+. The van der Waals surface area contributed by atoms with Gasteiger partial charge in [0.2, 0.25) is 42.4 Å². The largest absolute Gasteiger partial charge is 0.480 e. The number of ether oxygens (including phenoxy) is 1. The fourth-order valence-electron chi connectivity index (χ4n) is 14.7. The van der Waals surface area contributed by atoms with Crippen LogP contribution in [0.2, 0.25) is 0 Å². The number of aliphatic hydroxyl groups is 4. The lowest BCUT2D eigenvalue weighted by Crippen LogP contribution is -2.56. The molecule has 4 aromatic carbocycles. The number of carboxylic acid groups (broad SMARTS) is 1. The van der Waals surface area contributed by atoms with Gasteiger partial charge in [-0.05, 0) is 128 Å². The summed E-state index contributed by atoms with van der Waals surface area (Å²) in [4.78, 5) is 159. The summed E-state index contributed by atoms with van der Waals surface area (Å²) in [5.41, 5.74) is 12.6. The van der Waals surface area contributed by atoms with E-state index in [1.807, 2.05) is 84.9 Å². The minimum absolute atomic E-state index is 0.00548. The van der Waals surface area contributed by atoms with Gasteiger partial charge in [-0.2, -0.15) is 0 Å². The van der Waals surface area contributed by atoms with Gasteiger partial charge in [0.1, 0.15) is 66.3 Å². The second-order valence-electron chi connectivity index (χ2n) is 31.8. The lowest BCUT2D eigenvalue weighted by molar-refractivity contribution is -0.368. The Morgan fingerprint density at radius 3 is 1.48 bits per heavy atom. The maximum absolute atomic E-state index is 13.5. The van der Waals surface area contributed by atoms with Crippen molar-refractivity contribution in [3.8, 4) is 0 Å². The van der Waals surface area contributed by atoms with E-state index >= 15 is 0 Å². The summed E-state index contributed by atoms with van der Waals surface area (Å²) in [5.74, 6) is -5.50. The average molecular weight is 1660 g/mol. The molecule has 119 heavy (non-hydrogen) atoms. The lowest BCUT2D eigenvalue weighted by atomic mass is 9.87. The van der Waals surface area contributed by atoms with E-state index in [1.165, 1.54) is 5.56 Å². The maximum Gasteiger partial charge on any atom is 0.329 e. The van der Waals surface area contributed by atoms with E-state index in [9.17, 15) is 87.9 Å². The number of amides is 7. The monoisotopic (exact) mass is 1660 g/mol. The summed E-state index contributed by atoms with van der Waals surface area (Å²) in [7, 11) is 0. The van der Waals surface area contributed by atoms with E-state index in [1.54, 1.807) is 85.8 Å². The molecule has 0 heterocycles. The highest BCUT2D eigenvalue weighted by Crippen LogP contribution is 2.44. The number of hydrogen-bond acceptors (Lipinski definition) is 18. The number of hydrogen-bond donors (Lipinski definition) is 13. The van der Waals surface area contributed by atoms with Crippen LogP contribution in [0.5, 0.6) is 0 Å². The average Bonchev–Trinajstić information content (AvgIpc) is 1.65. The number of quaternary nitrogens is 1. The molecule has 16 N–H and O–H groups in total. The Morgan fingerprint density at radius 2 is 1.03 bits per heavy atom. The van der Waals surface area contributed by atoms with Crippen molar-refractivity contribution in [3.63, 3.8) is 0 Å². The molecule has 0 bridgehead atoms. The van der Waals surface area contributed by atoms with Crippen LogP contribution < -0.4 is 43.4 Å². The van der Waals surface area contributed by atoms with E-state index in [2.05, 4.69) is 68.5 Å². The quantitative estimate of drug-likeness (QED) is 0.00858. The molecule has 2 saturated carbocycles. The molecule has 2 aliphatic carbocycles. The predicted octanol–water partition coefficient (Wildman–Crippen LogP) is 8.11. The number of unbranched alkanes of at least 4 members (excludes halogenated alkanes) is 3. The van der Waals surface area contributed by atoms with E-state index in [0.717, 1.165) is 62.6 Å². The fraction of sp³-hybridized carbons (Fsp3) is 0.554. The number of carbonyl (C=O) groups excluding carboxylic acids is 12. The molecule has 16 atom stereocenters. The molecule has 0 radical (unpaired) electrons. The molecule has 0 aromatic heterocycles. The first-order chi connectivity index (χ1) is 56.9. The molecule has 0 spiro atoms. The topological polar surface area (TPSA) is 458 Å². The van der Waals surface area contributed by atoms with Crippen molar-refractivity contribution in [2.24, 2.45) is 59.0 Å². The molecule has 0 saturated heterocycles. The van der Waals surface area contributed by atoms with Gasteiger partial charge in [0.05, 0.1) is 25.4 Å². The van der Waals surface area contributed by atoms with Crippen LogP contribution in [0.15, 0.2) is 140 Å².